The highest BCUT2D eigenvalue weighted by Crippen LogP contribution is 2.45. The quantitative estimate of drug-likeness (QED) is 0.607. The van der Waals surface area contributed by atoms with E-state index in [-0.39, 0.29) is 29.1 Å². The number of rotatable bonds is 4. The number of hydrogen-bond donors (Lipinski definition) is 2. The number of nitrogens with one attached hydrogen (secondary N) is 1. The minimum absolute atomic E-state index is 0.0795. The maximum absolute atomic E-state index is 13.7. The number of nitrogens with two attached hydrogens (primary N) is 1. The van der Waals surface area contributed by atoms with E-state index in [4.69, 9.17) is 17.3 Å². The lowest BCUT2D eigenvalue weighted by Crippen LogP contribution is -2.42. The Balaban J connectivity index is 1.66. The molecule has 1 aliphatic heterocycles. The number of anilines is 1. The van der Waals surface area contributed by atoms with E-state index in [1.165, 1.54) is 16.2 Å². The van der Waals surface area contributed by atoms with Crippen LogP contribution in [0.4, 0.5) is 5.00 Å². The number of carbonyl (C=O) groups is 3. The zero-order valence-electron chi connectivity index (χ0n) is 19.9. The van der Waals surface area contributed by atoms with Crippen LogP contribution >= 0.6 is 22.9 Å². The topological polar surface area (TPSA) is 92.5 Å². The van der Waals surface area contributed by atoms with E-state index in [9.17, 15) is 14.4 Å². The van der Waals surface area contributed by atoms with Crippen LogP contribution in [0.3, 0.4) is 0 Å². The molecule has 1 fully saturated rings. The molecule has 4 rings (SSSR count). The van der Waals surface area contributed by atoms with Crippen molar-refractivity contribution in [1.82, 2.24) is 4.90 Å². The Morgan fingerprint density at radius 2 is 1.79 bits per heavy atom. The van der Waals surface area contributed by atoms with Gasteiger partial charge in [0, 0.05) is 23.9 Å². The molecule has 6 nitrogen and oxygen atoms in total. The number of nitrogens with zero attached hydrogens (tertiary/aromatic N) is 1. The Kier molecular flexibility index (Phi) is 7.06. The lowest BCUT2D eigenvalue weighted by atomic mass is 9.72. The van der Waals surface area contributed by atoms with Crippen LogP contribution in [0, 0.1) is 17.3 Å². The van der Waals surface area contributed by atoms with Crippen LogP contribution in [0.1, 0.15) is 71.2 Å². The third-order valence-corrected chi connectivity index (χ3v) is 8.73. The summed E-state index contributed by atoms with van der Waals surface area (Å²) < 4.78 is 0. The van der Waals surface area contributed by atoms with Crippen molar-refractivity contribution in [2.45, 2.75) is 52.9 Å². The van der Waals surface area contributed by atoms with Crippen molar-refractivity contribution in [2.24, 2.45) is 23.0 Å². The molecule has 1 aromatic heterocycles. The molecule has 2 aromatic rings. The molecule has 0 spiro atoms. The summed E-state index contributed by atoms with van der Waals surface area (Å²) in [6.07, 6.45) is 3.86. The maximum Gasteiger partial charge on any atom is 0.257 e. The average molecular weight is 502 g/mol. The highest BCUT2D eigenvalue weighted by Gasteiger charge is 2.36. The van der Waals surface area contributed by atoms with Crippen LogP contribution in [0.2, 0.25) is 5.02 Å². The Morgan fingerprint density at radius 3 is 2.41 bits per heavy atom. The zero-order valence-corrected chi connectivity index (χ0v) is 21.5. The molecule has 1 aromatic carbocycles. The minimum atomic E-state index is -0.321. The fraction of sp³-hybridized carbons (Fsp3) is 0.500. The Morgan fingerprint density at radius 1 is 1.12 bits per heavy atom. The first-order valence-electron chi connectivity index (χ1n) is 11.8. The molecule has 3 amide bonds. The number of halogens is 1. The Bertz CT molecular complexity index is 1110. The molecule has 3 N–H and O–H groups in total. The summed E-state index contributed by atoms with van der Waals surface area (Å²) in [7, 11) is 0. The summed E-state index contributed by atoms with van der Waals surface area (Å²) in [5, 5.41) is 3.96. The van der Waals surface area contributed by atoms with Gasteiger partial charge < -0.3 is 16.0 Å². The predicted octanol–water partition coefficient (Wildman–Crippen LogP) is 5.14. The molecule has 0 saturated carbocycles. The van der Waals surface area contributed by atoms with E-state index < -0.39 is 0 Å². The van der Waals surface area contributed by atoms with Gasteiger partial charge in [-0.2, -0.15) is 0 Å². The molecule has 2 aliphatic rings. The summed E-state index contributed by atoms with van der Waals surface area (Å²) >= 11 is 7.76. The van der Waals surface area contributed by atoms with Gasteiger partial charge in [0.25, 0.3) is 11.8 Å². The number of amides is 3. The van der Waals surface area contributed by atoms with Crippen molar-refractivity contribution in [3.05, 3.63) is 50.9 Å². The maximum atomic E-state index is 13.7. The molecule has 34 heavy (non-hydrogen) atoms. The molecule has 1 atom stereocenters. The lowest BCUT2D eigenvalue weighted by Gasteiger charge is -2.34. The van der Waals surface area contributed by atoms with E-state index in [1.807, 2.05) is 0 Å². The average Bonchev–Trinajstić information content (AvgIpc) is 3.15. The molecule has 182 valence electrons. The number of thiophene rings is 1. The predicted molar refractivity (Wildman–Crippen MR) is 137 cm³/mol. The number of fused-ring (bicyclic) bond motifs is 1. The Hall–Kier alpha value is -2.38. The number of primary amides is 1. The van der Waals surface area contributed by atoms with Crippen molar-refractivity contribution in [1.29, 1.82) is 0 Å². The van der Waals surface area contributed by atoms with Gasteiger partial charge in [-0.25, -0.2) is 0 Å². The van der Waals surface area contributed by atoms with Crippen LogP contribution in [0.25, 0.3) is 0 Å². The molecule has 0 unspecified atom stereocenters. The highest BCUT2D eigenvalue weighted by atomic mass is 35.5. The first-order valence-corrected chi connectivity index (χ1v) is 13.0. The van der Waals surface area contributed by atoms with Crippen LogP contribution in [-0.4, -0.2) is 35.7 Å². The smallest absolute Gasteiger partial charge is 0.257 e. The molecule has 1 saturated heterocycles. The van der Waals surface area contributed by atoms with Crippen LogP contribution in [0.5, 0.6) is 0 Å². The second kappa shape index (κ2) is 9.70. The van der Waals surface area contributed by atoms with Crippen LogP contribution in [-0.2, 0) is 17.6 Å². The lowest BCUT2D eigenvalue weighted by molar-refractivity contribution is -0.123. The van der Waals surface area contributed by atoms with Gasteiger partial charge >= 0.3 is 0 Å². The van der Waals surface area contributed by atoms with E-state index in [0.29, 0.717) is 53.0 Å². The summed E-state index contributed by atoms with van der Waals surface area (Å²) in [5.41, 5.74) is 7.68. The van der Waals surface area contributed by atoms with E-state index in [2.05, 4.69) is 26.1 Å². The van der Waals surface area contributed by atoms with Gasteiger partial charge in [0.15, 0.2) is 0 Å². The minimum Gasteiger partial charge on any atom is -0.369 e. The fourth-order valence-corrected chi connectivity index (χ4v) is 6.52. The number of hydrogen-bond acceptors (Lipinski definition) is 4. The highest BCUT2D eigenvalue weighted by molar-refractivity contribution is 7.17. The van der Waals surface area contributed by atoms with Gasteiger partial charge in [-0.1, -0.05) is 44.5 Å². The number of benzene rings is 1. The zero-order chi connectivity index (χ0) is 24.6. The molecule has 0 radical (unpaired) electrons. The van der Waals surface area contributed by atoms with Crippen molar-refractivity contribution in [3.8, 4) is 0 Å². The van der Waals surface area contributed by atoms with Gasteiger partial charge in [0.2, 0.25) is 5.91 Å². The second-order valence-corrected chi connectivity index (χ2v) is 11.9. The molecule has 2 heterocycles. The fourth-order valence-electron chi connectivity index (χ4n) is 4.98. The number of carbonyl (C=O) groups excluding carboxylic acids is 3. The molecular weight excluding hydrogens is 470 g/mol. The molecule has 1 aliphatic carbocycles. The first-order chi connectivity index (χ1) is 16.1. The summed E-state index contributed by atoms with van der Waals surface area (Å²) in [5.74, 6) is -0.379. The SMILES string of the molecule is CC(C)(C)[C@H]1CCc2c(sc(NC(=O)c3ccccc3Cl)c2C(=O)N2CCC(C(N)=O)CC2)C1. The summed E-state index contributed by atoms with van der Waals surface area (Å²) in [6.45, 7) is 7.74. The molecule has 0 bridgehead atoms. The Labute approximate surface area is 209 Å². The normalized spacial score (nSPS) is 18.9. The molecule has 8 heteroatoms. The van der Waals surface area contributed by atoms with E-state index in [0.717, 1.165) is 24.8 Å². The van der Waals surface area contributed by atoms with Gasteiger partial charge in [0.1, 0.15) is 5.00 Å². The number of likely N-dealkylation sites (tertiary alicyclic amines) is 1. The van der Waals surface area contributed by atoms with Crippen molar-refractivity contribution >= 4 is 45.7 Å². The molecular formula is C26H32ClN3O3S. The van der Waals surface area contributed by atoms with Crippen molar-refractivity contribution in [2.75, 3.05) is 18.4 Å². The van der Waals surface area contributed by atoms with E-state index in [1.54, 1.807) is 29.2 Å². The van der Waals surface area contributed by atoms with Crippen molar-refractivity contribution in [3.63, 3.8) is 0 Å². The monoisotopic (exact) mass is 501 g/mol. The van der Waals surface area contributed by atoms with E-state index >= 15 is 0 Å². The van der Waals surface area contributed by atoms with Crippen molar-refractivity contribution < 1.29 is 14.4 Å². The summed E-state index contributed by atoms with van der Waals surface area (Å²) in [6, 6.07) is 6.90. The van der Waals surface area contributed by atoms with Gasteiger partial charge in [-0.3, -0.25) is 14.4 Å². The van der Waals surface area contributed by atoms with Gasteiger partial charge in [-0.15, -0.1) is 11.3 Å². The summed E-state index contributed by atoms with van der Waals surface area (Å²) in [4.78, 5) is 41.3. The second-order valence-electron chi connectivity index (χ2n) is 10.4. The van der Waals surface area contributed by atoms with Gasteiger partial charge in [0.05, 0.1) is 16.1 Å². The standard InChI is InChI=1S/C26H32ClN3O3S/c1-26(2,3)16-8-9-18-20(14-16)34-24(29-23(32)17-6-4-5-7-19(17)27)21(18)25(33)30-12-10-15(11-13-30)22(28)31/h4-7,15-16H,8-14H2,1-3H3,(H2,28,31)(H,29,32)/t16-/m0/s1. The number of piperidine rings is 1. The third kappa shape index (κ3) is 5.01. The van der Waals surface area contributed by atoms with Crippen LogP contribution < -0.4 is 11.1 Å². The van der Waals surface area contributed by atoms with Crippen LogP contribution in [0.15, 0.2) is 24.3 Å². The first kappa shape index (κ1) is 24.7. The largest absolute Gasteiger partial charge is 0.369 e. The van der Waals surface area contributed by atoms with Gasteiger partial charge in [-0.05, 0) is 61.1 Å². The third-order valence-electron chi connectivity index (χ3n) is 7.23.